The lowest BCUT2D eigenvalue weighted by atomic mass is 10.1. The number of nitrogens with zero attached hydrogens (tertiary/aromatic N) is 3. The van der Waals surface area contributed by atoms with Crippen LogP contribution in [0.5, 0.6) is 0 Å². The standard InChI is InChI=1S/C11H11N3O3/c1-17-11(16)9-6-8(7-15)2-3-10(9)14-12-4-5-13-14/h2-6,15H,7H2,1H3. The number of carbonyl (C=O) groups excluding carboxylic acids is 1. The summed E-state index contributed by atoms with van der Waals surface area (Å²) in [4.78, 5) is 13.0. The van der Waals surface area contributed by atoms with Crippen molar-refractivity contribution in [1.82, 2.24) is 15.0 Å². The van der Waals surface area contributed by atoms with Crippen molar-refractivity contribution >= 4 is 5.97 Å². The van der Waals surface area contributed by atoms with E-state index in [1.807, 2.05) is 0 Å². The Morgan fingerprint density at radius 1 is 1.41 bits per heavy atom. The fourth-order valence-corrected chi connectivity index (χ4v) is 1.47. The average molecular weight is 233 g/mol. The molecule has 2 aromatic rings. The van der Waals surface area contributed by atoms with Gasteiger partial charge in [-0.15, -0.1) is 0 Å². The third kappa shape index (κ3) is 2.16. The second-order valence-electron chi connectivity index (χ2n) is 3.32. The topological polar surface area (TPSA) is 77.2 Å². The molecule has 0 aliphatic carbocycles. The Bertz CT molecular complexity index is 523. The Morgan fingerprint density at radius 2 is 2.12 bits per heavy atom. The minimum Gasteiger partial charge on any atom is -0.465 e. The maximum Gasteiger partial charge on any atom is 0.340 e. The summed E-state index contributed by atoms with van der Waals surface area (Å²) in [6.07, 6.45) is 3.03. The smallest absolute Gasteiger partial charge is 0.340 e. The number of esters is 1. The van der Waals surface area contributed by atoms with Crippen LogP contribution in [0.1, 0.15) is 15.9 Å². The van der Waals surface area contributed by atoms with Gasteiger partial charge in [0.1, 0.15) is 5.69 Å². The fourth-order valence-electron chi connectivity index (χ4n) is 1.47. The van der Waals surface area contributed by atoms with Crippen LogP contribution in [0.15, 0.2) is 30.6 Å². The molecule has 17 heavy (non-hydrogen) atoms. The monoisotopic (exact) mass is 233 g/mol. The number of hydrogen-bond donors (Lipinski definition) is 1. The first-order chi connectivity index (χ1) is 8.26. The number of rotatable bonds is 3. The molecular weight excluding hydrogens is 222 g/mol. The highest BCUT2D eigenvalue weighted by Gasteiger charge is 2.15. The summed E-state index contributed by atoms with van der Waals surface area (Å²) >= 11 is 0. The lowest BCUT2D eigenvalue weighted by Gasteiger charge is -2.08. The molecule has 0 amide bonds. The molecule has 1 N–H and O–H groups in total. The molecule has 0 fully saturated rings. The highest BCUT2D eigenvalue weighted by atomic mass is 16.5. The molecule has 0 radical (unpaired) electrons. The predicted octanol–water partition coefficient (Wildman–Crippen LogP) is 0.546. The first-order valence-corrected chi connectivity index (χ1v) is 4.95. The summed E-state index contributed by atoms with van der Waals surface area (Å²) in [5, 5.41) is 17.0. The second kappa shape index (κ2) is 4.75. The van der Waals surface area contributed by atoms with E-state index in [-0.39, 0.29) is 6.61 Å². The minimum atomic E-state index is -0.493. The maximum absolute atomic E-state index is 11.6. The molecule has 0 aliphatic heterocycles. The number of aliphatic hydroxyl groups excluding tert-OH is 1. The van der Waals surface area contributed by atoms with Gasteiger partial charge >= 0.3 is 5.97 Å². The van der Waals surface area contributed by atoms with Crippen LogP contribution in [0.4, 0.5) is 0 Å². The van der Waals surface area contributed by atoms with Gasteiger partial charge in [-0.05, 0) is 17.7 Å². The minimum absolute atomic E-state index is 0.142. The molecule has 0 bridgehead atoms. The molecule has 0 saturated carbocycles. The molecule has 0 aliphatic rings. The molecule has 1 aromatic carbocycles. The molecule has 1 heterocycles. The van der Waals surface area contributed by atoms with Gasteiger partial charge in [-0.25, -0.2) is 4.79 Å². The molecule has 0 atom stereocenters. The largest absolute Gasteiger partial charge is 0.465 e. The molecular formula is C11H11N3O3. The van der Waals surface area contributed by atoms with E-state index in [0.29, 0.717) is 16.8 Å². The predicted molar refractivity (Wildman–Crippen MR) is 58.6 cm³/mol. The number of aliphatic hydroxyl groups is 1. The second-order valence-corrected chi connectivity index (χ2v) is 3.32. The van der Waals surface area contributed by atoms with E-state index in [0.717, 1.165) is 0 Å². The van der Waals surface area contributed by atoms with Gasteiger partial charge in [-0.1, -0.05) is 6.07 Å². The van der Waals surface area contributed by atoms with Crippen LogP contribution in [0, 0.1) is 0 Å². The number of methoxy groups -OCH3 is 1. The first-order valence-electron chi connectivity index (χ1n) is 4.95. The van der Waals surface area contributed by atoms with Crippen molar-refractivity contribution in [3.63, 3.8) is 0 Å². The van der Waals surface area contributed by atoms with E-state index in [9.17, 15) is 4.79 Å². The van der Waals surface area contributed by atoms with E-state index in [2.05, 4.69) is 14.9 Å². The number of hydrogen-bond acceptors (Lipinski definition) is 5. The van der Waals surface area contributed by atoms with Gasteiger partial charge in [0.15, 0.2) is 0 Å². The van der Waals surface area contributed by atoms with Crippen molar-refractivity contribution in [2.45, 2.75) is 6.61 Å². The van der Waals surface area contributed by atoms with Crippen LogP contribution in [0.3, 0.4) is 0 Å². The Hall–Kier alpha value is -2.21. The van der Waals surface area contributed by atoms with Crippen LogP contribution in [0.2, 0.25) is 0 Å². The van der Waals surface area contributed by atoms with Gasteiger partial charge in [-0.3, -0.25) is 0 Å². The highest BCUT2D eigenvalue weighted by molar-refractivity contribution is 5.93. The zero-order chi connectivity index (χ0) is 12.3. The molecule has 2 rings (SSSR count). The average Bonchev–Trinajstić information content (AvgIpc) is 2.90. The van der Waals surface area contributed by atoms with Crippen molar-refractivity contribution in [3.05, 3.63) is 41.7 Å². The fraction of sp³-hybridized carbons (Fsp3) is 0.182. The van der Waals surface area contributed by atoms with Gasteiger partial charge in [0.25, 0.3) is 0 Å². The Balaban J connectivity index is 2.55. The van der Waals surface area contributed by atoms with Crippen molar-refractivity contribution < 1.29 is 14.6 Å². The molecule has 6 nitrogen and oxygen atoms in total. The summed E-state index contributed by atoms with van der Waals surface area (Å²) < 4.78 is 4.69. The Morgan fingerprint density at radius 3 is 2.71 bits per heavy atom. The van der Waals surface area contributed by atoms with Crippen molar-refractivity contribution in [3.8, 4) is 5.69 Å². The number of aromatic nitrogens is 3. The van der Waals surface area contributed by atoms with Crippen molar-refractivity contribution in [1.29, 1.82) is 0 Å². The van der Waals surface area contributed by atoms with Crippen LogP contribution in [0.25, 0.3) is 5.69 Å². The number of carbonyl (C=O) groups is 1. The molecule has 1 aromatic heterocycles. The lowest BCUT2D eigenvalue weighted by Crippen LogP contribution is -2.10. The van der Waals surface area contributed by atoms with Gasteiger partial charge in [-0.2, -0.15) is 15.0 Å². The van der Waals surface area contributed by atoms with E-state index in [1.54, 1.807) is 18.2 Å². The molecule has 6 heteroatoms. The molecule has 0 spiro atoms. The quantitative estimate of drug-likeness (QED) is 0.783. The van der Waals surface area contributed by atoms with E-state index < -0.39 is 5.97 Å². The van der Waals surface area contributed by atoms with Gasteiger partial charge in [0, 0.05) is 0 Å². The van der Waals surface area contributed by atoms with Crippen LogP contribution >= 0.6 is 0 Å². The van der Waals surface area contributed by atoms with Gasteiger partial charge in [0.2, 0.25) is 0 Å². The third-order valence-corrected chi connectivity index (χ3v) is 2.28. The normalized spacial score (nSPS) is 10.2. The van der Waals surface area contributed by atoms with E-state index >= 15 is 0 Å². The number of benzene rings is 1. The molecule has 88 valence electrons. The molecule has 0 unspecified atom stereocenters. The number of ether oxygens (including phenoxy) is 1. The zero-order valence-corrected chi connectivity index (χ0v) is 9.20. The lowest BCUT2D eigenvalue weighted by molar-refractivity contribution is 0.0600. The summed E-state index contributed by atoms with van der Waals surface area (Å²) in [5.41, 5.74) is 1.45. The van der Waals surface area contributed by atoms with Crippen LogP contribution in [-0.4, -0.2) is 33.2 Å². The van der Waals surface area contributed by atoms with Crippen molar-refractivity contribution in [2.75, 3.05) is 7.11 Å². The van der Waals surface area contributed by atoms with E-state index in [1.165, 1.54) is 24.3 Å². The Labute approximate surface area is 97.4 Å². The summed E-state index contributed by atoms with van der Waals surface area (Å²) in [6.45, 7) is -0.142. The maximum atomic E-state index is 11.6. The summed E-state index contributed by atoms with van der Waals surface area (Å²) in [5.74, 6) is -0.493. The van der Waals surface area contributed by atoms with Gasteiger partial charge in [0.05, 0.1) is 31.7 Å². The van der Waals surface area contributed by atoms with Crippen LogP contribution < -0.4 is 0 Å². The summed E-state index contributed by atoms with van der Waals surface area (Å²) in [6, 6.07) is 4.92. The highest BCUT2D eigenvalue weighted by Crippen LogP contribution is 2.16. The van der Waals surface area contributed by atoms with Crippen molar-refractivity contribution in [2.24, 2.45) is 0 Å². The third-order valence-electron chi connectivity index (χ3n) is 2.28. The van der Waals surface area contributed by atoms with Crippen LogP contribution in [-0.2, 0) is 11.3 Å². The first kappa shape index (κ1) is 11.3. The SMILES string of the molecule is COC(=O)c1cc(CO)ccc1-n1nccn1. The molecule has 0 saturated heterocycles. The summed E-state index contributed by atoms with van der Waals surface area (Å²) in [7, 11) is 1.30. The Kier molecular flexibility index (Phi) is 3.15. The van der Waals surface area contributed by atoms with E-state index in [4.69, 9.17) is 5.11 Å². The zero-order valence-electron chi connectivity index (χ0n) is 9.20. The van der Waals surface area contributed by atoms with Gasteiger partial charge < -0.3 is 9.84 Å².